The Kier molecular flexibility index (Phi) is 4.24. The fourth-order valence-electron chi connectivity index (χ4n) is 2.46. The van der Waals surface area contributed by atoms with E-state index in [-0.39, 0.29) is 4.90 Å². The van der Waals surface area contributed by atoms with Crippen LogP contribution in [-0.4, -0.2) is 14.4 Å². The van der Waals surface area contributed by atoms with Crippen LogP contribution in [0.25, 0.3) is 5.57 Å². The van der Waals surface area contributed by atoms with Gasteiger partial charge in [-0.25, -0.2) is 13.2 Å². The maximum absolute atomic E-state index is 12.3. The summed E-state index contributed by atoms with van der Waals surface area (Å²) >= 11 is 5.78. The Bertz CT molecular complexity index is 901. The van der Waals surface area contributed by atoms with Gasteiger partial charge in [0.25, 0.3) is 10.0 Å². The van der Waals surface area contributed by atoms with Gasteiger partial charge in [0.2, 0.25) is 0 Å². The molecule has 0 fully saturated rings. The van der Waals surface area contributed by atoms with Gasteiger partial charge in [-0.05, 0) is 60.4 Å². The molecule has 0 saturated carbocycles. The van der Waals surface area contributed by atoms with E-state index in [2.05, 4.69) is 10.3 Å². The molecule has 0 aromatic heterocycles. The van der Waals surface area contributed by atoms with Crippen molar-refractivity contribution in [3.05, 3.63) is 58.6 Å². The Labute approximate surface area is 139 Å². The van der Waals surface area contributed by atoms with Gasteiger partial charge in [0.1, 0.15) is 5.94 Å². The minimum Gasteiger partial charge on any atom is -0.308 e. The van der Waals surface area contributed by atoms with Crippen molar-refractivity contribution in [3.8, 4) is 0 Å². The van der Waals surface area contributed by atoms with E-state index in [0.29, 0.717) is 29.1 Å². The van der Waals surface area contributed by atoms with Crippen LogP contribution in [0.5, 0.6) is 0 Å². The van der Waals surface area contributed by atoms with E-state index >= 15 is 0 Å². The van der Waals surface area contributed by atoms with Crippen molar-refractivity contribution in [2.75, 3.05) is 5.43 Å². The lowest BCUT2D eigenvalue weighted by atomic mass is 10.1. The fraction of sp³-hybridized carbons (Fsp3) is 0.125. The van der Waals surface area contributed by atoms with Crippen LogP contribution < -0.4 is 10.3 Å². The van der Waals surface area contributed by atoms with Crippen LogP contribution in [0.1, 0.15) is 17.5 Å². The van der Waals surface area contributed by atoms with Gasteiger partial charge in [-0.2, -0.15) is 0 Å². The summed E-state index contributed by atoms with van der Waals surface area (Å²) in [4.78, 5) is 13.3. The lowest BCUT2D eigenvalue weighted by molar-refractivity contribution is 0.569. The van der Waals surface area contributed by atoms with Crippen LogP contribution in [0.4, 0.5) is 5.69 Å². The number of anilines is 1. The Balaban J connectivity index is 1.80. The molecule has 0 heterocycles. The molecule has 0 aliphatic heterocycles. The van der Waals surface area contributed by atoms with Crippen molar-refractivity contribution < 1.29 is 13.2 Å². The number of rotatable bonds is 4. The first kappa shape index (κ1) is 15.8. The summed E-state index contributed by atoms with van der Waals surface area (Å²) < 4.78 is 24.7. The zero-order valence-electron chi connectivity index (χ0n) is 12.0. The predicted molar refractivity (Wildman–Crippen MR) is 89.3 cm³/mol. The van der Waals surface area contributed by atoms with Gasteiger partial charge in [-0.1, -0.05) is 17.7 Å². The molecule has 0 saturated heterocycles. The summed E-state index contributed by atoms with van der Waals surface area (Å²) in [6.45, 7) is 0. The molecule has 0 atom stereocenters. The lowest BCUT2D eigenvalue weighted by Crippen LogP contribution is -2.29. The Morgan fingerprint density at radius 3 is 2.48 bits per heavy atom. The minimum atomic E-state index is -3.72. The highest BCUT2D eigenvalue weighted by Crippen LogP contribution is 2.31. The van der Waals surface area contributed by atoms with Gasteiger partial charge < -0.3 is 5.43 Å². The number of nitrogens with one attached hydrogen (secondary N) is 2. The molecule has 1 aliphatic carbocycles. The molecule has 0 spiro atoms. The molecular formula is C16H13ClN2O3S. The summed E-state index contributed by atoms with van der Waals surface area (Å²) in [7, 11) is -3.72. The average molecular weight is 349 g/mol. The number of sulfonamides is 1. The third-order valence-corrected chi connectivity index (χ3v) is 5.15. The summed E-state index contributed by atoms with van der Waals surface area (Å²) in [6, 6.07) is 11.4. The summed E-state index contributed by atoms with van der Waals surface area (Å²) in [6.07, 6.45) is 1.24. The summed E-state index contributed by atoms with van der Waals surface area (Å²) in [5, 5.41) is 0.566. The highest BCUT2D eigenvalue weighted by Gasteiger charge is 2.21. The lowest BCUT2D eigenvalue weighted by Gasteiger charge is -2.10. The molecule has 5 nitrogen and oxygen atoms in total. The van der Waals surface area contributed by atoms with Crippen LogP contribution in [-0.2, 0) is 21.2 Å². The number of benzene rings is 2. The second-order valence-electron chi connectivity index (χ2n) is 5.14. The van der Waals surface area contributed by atoms with Crippen molar-refractivity contribution in [3.63, 3.8) is 0 Å². The van der Waals surface area contributed by atoms with Crippen molar-refractivity contribution in [2.45, 2.75) is 17.7 Å². The molecule has 2 aromatic carbocycles. The standard InChI is InChI=1S/C16H13ClN2O3S/c17-13-3-5-14(6-4-13)18-19-23(21,22)15-7-8-16-11(9-15)1-2-12(16)10-20/h3-9,18-19H,1-2H2. The summed E-state index contributed by atoms with van der Waals surface area (Å²) in [5.41, 5.74) is 5.43. The van der Waals surface area contributed by atoms with E-state index in [4.69, 9.17) is 11.6 Å². The topological polar surface area (TPSA) is 75.3 Å². The van der Waals surface area contributed by atoms with Crippen LogP contribution in [0.15, 0.2) is 47.4 Å². The third-order valence-electron chi connectivity index (χ3n) is 3.65. The maximum atomic E-state index is 12.3. The Morgan fingerprint density at radius 2 is 1.78 bits per heavy atom. The third kappa shape index (κ3) is 3.30. The van der Waals surface area contributed by atoms with Crippen LogP contribution in [0, 0.1) is 0 Å². The second kappa shape index (κ2) is 6.18. The van der Waals surface area contributed by atoms with Crippen LogP contribution in [0.3, 0.4) is 0 Å². The van der Waals surface area contributed by atoms with E-state index in [1.165, 1.54) is 6.07 Å². The number of fused-ring (bicyclic) bond motifs is 1. The normalized spacial score (nSPS) is 13.5. The first-order valence-corrected chi connectivity index (χ1v) is 8.76. The number of aryl methyl sites for hydroxylation is 1. The van der Waals surface area contributed by atoms with E-state index in [1.807, 2.05) is 5.94 Å². The molecule has 2 N–H and O–H groups in total. The van der Waals surface area contributed by atoms with Gasteiger partial charge in [0.05, 0.1) is 4.90 Å². The zero-order chi connectivity index (χ0) is 16.4. The highest BCUT2D eigenvalue weighted by molar-refractivity contribution is 7.89. The number of halogens is 1. The second-order valence-corrected chi connectivity index (χ2v) is 7.26. The molecule has 118 valence electrons. The minimum absolute atomic E-state index is 0.143. The predicted octanol–water partition coefficient (Wildman–Crippen LogP) is 2.81. The largest absolute Gasteiger partial charge is 0.308 e. The molecule has 2 aromatic rings. The Morgan fingerprint density at radius 1 is 1.04 bits per heavy atom. The van der Waals surface area contributed by atoms with E-state index < -0.39 is 10.0 Å². The van der Waals surface area contributed by atoms with Crippen molar-refractivity contribution in [2.24, 2.45) is 0 Å². The van der Waals surface area contributed by atoms with Gasteiger partial charge >= 0.3 is 0 Å². The van der Waals surface area contributed by atoms with E-state index in [1.54, 1.807) is 36.4 Å². The fourth-order valence-corrected chi connectivity index (χ4v) is 3.50. The van der Waals surface area contributed by atoms with Crippen LogP contribution in [0.2, 0.25) is 5.02 Å². The van der Waals surface area contributed by atoms with Gasteiger partial charge in [-0.3, -0.25) is 0 Å². The zero-order valence-corrected chi connectivity index (χ0v) is 13.5. The Hall–Kier alpha value is -2.11. The quantitative estimate of drug-likeness (QED) is 0.658. The first-order chi connectivity index (χ1) is 11.0. The molecule has 3 rings (SSSR count). The van der Waals surface area contributed by atoms with Crippen molar-refractivity contribution in [1.82, 2.24) is 4.83 Å². The summed E-state index contributed by atoms with van der Waals surface area (Å²) in [5.74, 6) is 1.91. The molecule has 1 aliphatic rings. The SMILES string of the molecule is O=C=C1CCc2cc(S(=O)(=O)NNc3ccc(Cl)cc3)ccc21. The molecule has 0 unspecified atom stereocenters. The highest BCUT2D eigenvalue weighted by atomic mass is 35.5. The first-order valence-electron chi connectivity index (χ1n) is 6.90. The molecule has 0 bridgehead atoms. The number of hydrogen-bond acceptors (Lipinski definition) is 4. The van der Waals surface area contributed by atoms with Crippen LogP contribution >= 0.6 is 11.6 Å². The van der Waals surface area contributed by atoms with Gasteiger partial charge in [0.15, 0.2) is 0 Å². The van der Waals surface area contributed by atoms with Crippen molar-refractivity contribution in [1.29, 1.82) is 0 Å². The number of hydrogen-bond donors (Lipinski definition) is 2. The molecular weight excluding hydrogens is 336 g/mol. The maximum Gasteiger partial charge on any atom is 0.257 e. The number of allylic oxidation sites excluding steroid dienone is 1. The smallest absolute Gasteiger partial charge is 0.257 e. The molecule has 7 heteroatoms. The monoisotopic (exact) mass is 348 g/mol. The van der Waals surface area contributed by atoms with Gasteiger partial charge in [0, 0.05) is 16.3 Å². The van der Waals surface area contributed by atoms with E-state index in [0.717, 1.165) is 11.1 Å². The van der Waals surface area contributed by atoms with E-state index in [9.17, 15) is 13.2 Å². The number of carbonyl (C=O) groups excluding carboxylic acids is 1. The molecule has 23 heavy (non-hydrogen) atoms. The average Bonchev–Trinajstić information content (AvgIpc) is 2.96. The van der Waals surface area contributed by atoms with Gasteiger partial charge in [-0.15, -0.1) is 4.83 Å². The van der Waals surface area contributed by atoms with Crippen molar-refractivity contribution >= 4 is 38.8 Å². The number of hydrazine groups is 1. The molecule has 0 amide bonds. The molecule has 0 radical (unpaired) electrons.